The molecular weight excluding hydrogens is 184 g/mol. The van der Waals surface area contributed by atoms with Gasteiger partial charge in [0.15, 0.2) is 0 Å². The van der Waals surface area contributed by atoms with E-state index in [0.717, 1.165) is 6.92 Å². The molecule has 4 heteroatoms. The van der Waals surface area contributed by atoms with E-state index in [2.05, 4.69) is 0 Å². The Hall–Kier alpha value is -1.39. The van der Waals surface area contributed by atoms with E-state index in [1.54, 1.807) is 6.92 Å². The molecule has 0 unspecified atom stereocenters. The standard InChI is InChI=1S/C6H6.C2H4O2.C2H6O.H2O/c1-2-4-6-5-3-1;1-2(3)4;1-2-3;/h1-6H;1H3,(H,3,4);3H,2H2,1H3;1H2. The maximum Gasteiger partial charge on any atom is 0.300 e. The minimum absolute atomic E-state index is 0. The maximum atomic E-state index is 9.00. The Labute approximate surface area is 84.1 Å². The largest absolute Gasteiger partial charge is 0.481 e. The molecule has 0 aliphatic carbocycles. The highest BCUT2D eigenvalue weighted by Gasteiger charge is 1.65. The third-order valence-corrected chi connectivity index (χ3v) is 0.667. The van der Waals surface area contributed by atoms with Crippen molar-refractivity contribution in [1.29, 1.82) is 0 Å². The van der Waals surface area contributed by atoms with Gasteiger partial charge in [0, 0.05) is 13.5 Å². The van der Waals surface area contributed by atoms with Crippen LogP contribution in [-0.4, -0.2) is 28.3 Å². The number of carbonyl (C=O) groups is 1. The molecule has 0 saturated heterocycles. The average Bonchev–Trinajstić information content (AvgIpc) is 2.08. The van der Waals surface area contributed by atoms with Gasteiger partial charge in [0.2, 0.25) is 0 Å². The molecule has 0 heterocycles. The second-order valence-corrected chi connectivity index (χ2v) is 1.99. The Bertz CT molecular complexity index is 156. The fraction of sp³-hybridized carbons (Fsp3) is 0.300. The smallest absolute Gasteiger partial charge is 0.300 e. The molecule has 0 aliphatic rings. The Morgan fingerprint density at radius 3 is 1.21 bits per heavy atom. The van der Waals surface area contributed by atoms with Crippen molar-refractivity contribution in [2.75, 3.05) is 6.61 Å². The van der Waals surface area contributed by atoms with E-state index in [9.17, 15) is 0 Å². The van der Waals surface area contributed by atoms with Crippen molar-refractivity contribution < 1.29 is 20.5 Å². The lowest BCUT2D eigenvalue weighted by Crippen LogP contribution is -1.78. The molecule has 0 spiro atoms. The quantitative estimate of drug-likeness (QED) is 0.656. The third-order valence-electron chi connectivity index (χ3n) is 0.667. The van der Waals surface area contributed by atoms with Crippen LogP contribution in [0.25, 0.3) is 0 Å². The zero-order chi connectivity index (χ0) is 10.5. The summed E-state index contributed by atoms with van der Waals surface area (Å²) in [7, 11) is 0. The number of hydrogen-bond donors (Lipinski definition) is 2. The predicted octanol–water partition coefficient (Wildman–Crippen LogP) is 0.951. The molecule has 0 atom stereocenters. The number of rotatable bonds is 0. The molecule has 1 rings (SSSR count). The van der Waals surface area contributed by atoms with E-state index in [-0.39, 0.29) is 12.1 Å². The van der Waals surface area contributed by atoms with Crippen molar-refractivity contribution in [2.45, 2.75) is 13.8 Å². The van der Waals surface area contributed by atoms with Crippen LogP contribution in [0.4, 0.5) is 0 Å². The van der Waals surface area contributed by atoms with Crippen LogP contribution in [0.3, 0.4) is 0 Å². The van der Waals surface area contributed by atoms with Gasteiger partial charge < -0.3 is 15.7 Å². The number of carboxylic acids is 1. The fourth-order valence-corrected chi connectivity index (χ4v) is 0.385. The van der Waals surface area contributed by atoms with Gasteiger partial charge in [-0.2, -0.15) is 0 Å². The zero-order valence-corrected chi connectivity index (χ0v) is 8.47. The number of aliphatic carboxylic acids is 1. The summed E-state index contributed by atoms with van der Waals surface area (Å²) in [5, 5.41) is 15.0. The summed E-state index contributed by atoms with van der Waals surface area (Å²) in [4.78, 5) is 9.00. The van der Waals surface area contributed by atoms with Gasteiger partial charge in [-0.3, -0.25) is 4.79 Å². The lowest BCUT2D eigenvalue weighted by Gasteiger charge is -1.69. The van der Waals surface area contributed by atoms with E-state index in [4.69, 9.17) is 15.0 Å². The van der Waals surface area contributed by atoms with E-state index < -0.39 is 5.97 Å². The topological polar surface area (TPSA) is 89.0 Å². The van der Waals surface area contributed by atoms with Crippen LogP contribution in [0.1, 0.15) is 13.8 Å². The van der Waals surface area contributed by atoms with Gasteiger partial charge in [0.25, 0.3) is 5.97 Å². The van der Waals surface area contributed by atoms with Gasteiger partial charge in [-0.05, 0) is 6.92 Å². The van der Waals surface area contributed by atoms with Crippen molar-refractivity contribution in [3.8, 4) is 0 Å². The van der Waals surface area contributed by atoms with Gasteiger partial charge in [0.1, 0.15) is 0 Å². The van der Waals surface area contributed by atoms with Gasteiger partial charge in [0.05, 0.1) is 0 Å². The monoisotopic (exact) mass is 202 g/mol. The zero-order valence-electron chi connectivity index (χ0n) is 8.47. The van der Waals surface area contributed by atoms with Gasteiger partial charge in [-0.1, -0.05) is 36.4 Å². The number of benzene rings is 1. The maximum absolute atomic E-state index is 9.00. The molecule has 82 valence electrons. The molecule has 0 aliphatic heterocycles. The number of hydrogen-bond acceptors (Lipinski definition) is 2. The Balaban J connectivity index is -0.000000135. The van der Waals surface area contributed by atoms with Crippen molar-refractivity contribution in [3.63, 3.8) is 0 Å². The van der Waals surface area contributed by atoms with Crippen molar-refractivity contribution in [1.82, 2.24) is 0 Å². The Morgan fingerprint density at radius 2 is 1.14 bits per heavy atom. The summed E-state index contributed by atoms with van der Waals surface area (Å²) in [5.41, 5.74) is 0. The Kier molecular flexibility index (Phi) is 23.2. The second kappa shape index (κ2) is 17.6. The Morgan fingerprint density at radius 1 is 1.07 bits per heavy atom. The highest BCUT2D eigenvalue weighted by molar-refractivity contribution is 5.62. The van der Waals surface area contributed by atoms with Crippen LogP contribution < -0.4 is 0 Å². The molecule has 14 heavy (non-hydrogen) atoms. The molecule has 1 aromatic carbocycles. The van der Waals surface area contributed by atoms with Gasteiger partial charge >= 0.3 is 0 Å². The first-order chi connectivity index (χ1) is 6.15. The normalized spacial score (nSPS) is 6.50. The molecular formula is C10H18O4. The summed E-state index contributed by atoms with van der Waals surface area (Å²) >= 11 is 0. The molecule has 0 aromatic heterocycles. The molecule has 4 N–H and O–H groups in total. The van der Waals surface area contributed by atoms with Gasteiger partial charge in [-0.25, -0.2) is 0 Å². The highest BCUT2D eigenvalue weighted by atomic mass is 16.4. The first-order valence-corrected chi connectivity index (χ1v) is 3.95. The van der Waals surface area contributed by atoms with Crippen LogP contribution >= 0.6 is 0 Å². The van der Waals surface area contributed by atoms with Crippen LogP contribution in [0.5, 0.6) is 0 Å². The highest BCUT2D eigenvalue weighted by Crippen LogP contribution is 1.79. The predicted molar refractivity (Wildman–Crippen MR) is 56.1 cm³/mol. The molecule has 4 nitrogen and oxygen atoms in total. The van der Waals surface area contributed by atoms with Crippen LogP contribution in [0.2, 0.25) is 0 Å². The minimum Gasteiger partial charge on any atom is -0.481 e. The summed E-state index contributed by atoms with van der Waals surface area (Å²) in [5.74, 6) is -0.833. The van der Waals surface area contributed by atoms with Gasteiger partial charge in [-0.15, -0.1) is 0 Å². The lowest BCUT2D eigenvalue weighted by molar-refractivity contribution is -0.134. The average molecular weight is 202 g/mol. The van der Waals surface area contributed by atoms with E-state index >= 15 is 0 Å². The first kappa shape index (κ1) is 18.4. The molecule has 1 aromatic rings. The molecule has 0 saturated carbocycles. The molecule has 0 fully saturated rings. The number of carboxylic acid groups (broad SMARTS) is 1. The lowest BCUT2D eigenvalue weighted by atomic mass is 10.4. The summed E-state index contributed by atoms with van der Waals surface area (Å²) < 4.78 is 0. The summed E-state index contributed by atoms with van der Waals surface area (Å²) in [6, 6.07) is 12.0. The summed E-state index contributed by atoms with van der Waals surface area (Å²) in [6.07, 6.45) is 0. The van der Waals surface area contributed by atoms with E-state index in [1.807, 2.05) is 36.4 Å². The van der Waals surface area contributed by atoms with E-state index in [1.165, 1.54) is 0 Å². The van der Waals surface area contributed by atoms with Crippen molar-refractivity contribution in [2.24, 2.45) is 0 Å². The fourth-order valence-electron chi connectivity index (χ4n) is 0.385. The van der Waals surface area contributed by atoms with Crippen LogP contribution in [-0.2, 0) is 4.79 Å². The SMILES string of the molecule is CC(=O)O.CCO.O.c1ccccc1. The number of aliphatic hydroxyl groups is 1. The minimum atomic E-state index is -0.833. The summed E-state index contributed by atoms with van der Waals surface area (Å²) in [6.45, 7) is 3.01. The van der Waals surface area contributed by atoms with Crippen LogP contribution in [0.15, 0.2) is 36.4 Å². The first-order valence-electron chi connectivity index (χ1n) is 3.95. The van der Waals surface area contributed by atoms with Crippen molar-refractivity contribution in [3.05, 3.63) is 36.4 Å². The van der Waals surface area contributed by atoms with E-state index in [0.29, 0.717) is 0 Å². The molecule has 0 radical (unpaired) electrons. The number of aliphatic hydroxyl groups excluding tert-OH is 1. The molecule has 0 amide bonds. The molecule has 0 bridgehead atoms. The van der Waals surface area contributed by atoms with Crippen molar-refractivity contribution >= 4 is 5.97 Å². The third kappa shape index (κ3) is 46.1. The van der Waals surface area contributed by atoms with Crippen LogP contribution in [0, 0.1) is 0 Å². The second-order valence-electron chi connectivity index (χ2n) is 1.99.